The third-order valence-electron chi connectivity index (χ3n) is 3.87. The largest absolute Gasteiger partial charge is 0.481 e. The fourth-order valence-corrected chi connectivity index (χ4v) is 2.74. The van der Waals surface area contributed by atoms with Crippen molar-refractivity contribution in [3.05, 3.63) is 35.4 Å². The molecule has 0 unspecified atom stereocenters. The molecule has 0 radical (unpaired) electrons. The Kier molecular flexibility index (Phi) is 4.39. The van der Waals surface area contributed by atoms with E-state index in [0.29, 0.717) is 13.1 Å². The summed E-state index contributed by atoms with van der Waals surface area (Å²) in [6.45, 7) is 3.05. The molecule has 0 aliphatic carbocycles. The third kappa shape index (κ3) is 2.99. The van der Waals surface area contributed by atoms with E-state index in [2.05, 4.69) is 5.32 Å². The number of nitrogens with zero attached hydrogens (tertiary/aromatic N) is 1. The predicted octanol–water partition coefficient (Wildman–Crippen LogP) is 1.05. The molecule has 0 spiro atoms. The van der Waals surface area contributed by atoms with Crippen LogP contribution in [-0.2, 0) is 16.1 Å². The predicted molar refractivity (Wildman–Crippen MR) is 75.3 cm³/mol. The van der Waals surface area contributed by atoms with Crippen molar-refractivity contribution in [1.82, 2.24) is 10.2 Å². The molecular formula is C15H20N2O3. The van der Waals surface area contributed by atoms with E-state index in [1.54, 1.807) is 4.90 Å². The number of carbonyl (C=O) groups excluding carboxylic acids is 1. The van der Waals surface area contributed by atoms with E-state index < -0.39 is 11.9 Å². The molecule has 108 valence electrons. The highest BCUT2D eigenvalue weighted by Crippen LogP contribution is 2.33. The van der Waals surface area contributed by atoms with Crippen LogP contribution in [0.5, 0.6) is 0 Å². The van der Waals surface area contributed by atoms with E-state index in [-0.39, 0.29) is 11.8 Å². The second-order valence-electron chi connectivity index (χ2n) is 5.25. The standard InChI is InChI=1S/C15H20N2O3/c1-10(18)17-8-13(14(9-17)15(19)20)12-5-3-11(4-6-12)7-16-2/h3-6,13-14,16H,7-9H2,1-2H3,(H,19,20)/t13-,14+/m0/s1. The fourth-order valence-electron chi connectivity index (χ4n) is 2.74. The number of nitrogens with one attached hydrogen (secondary N) is 1. The highest BCUT2D eigenvalue weighted by atomic mass is 16.4. The molecule has 2 N–H and O–H groups in total. The van der Waals surface area contributed by atoms with Crippen LogP contribution in [0.4, 0.5) is 0 Å². The summed E-state index contributed by atoms with van der Waals surface area (Å²) in [4.78, 5) is 24.4. The first-order valence-electron chi connectivity index (χ1n) is 6.74. The van der Waals surface area contributed by atoms with Gasteiger partial charge in [-0.25, -0.2) is 0 Å². The van der Waals surface area contributed by atoms with E-state index in [4.69, 9.17) is 0 Å². The zero-order valence-corrected chi connectivity index (χ0v) is 11.8. The summed E-state index contributed by atoms with van der Waals surface area (Å²) in [5.41, 5.74) is 2.14. The van der Waals surface area contributed by atoms with Crippen LogP contribution in [0.25, 0.3) is 0 Å². The monoisotopic (exact) mass is 276 g/mol. The molecule has 5 heteroatoms. The van der Waals surface area contributed by atoms with Gasteiger partial charge in [-0.3, -0.25) is 9.59 Å². The molecule has 0 aromatic heterocycles. The zero-order valence-electron chi connectivity index (χ0n) is 11.8. The summed E-state index contributed by atoms with van der Waals surface area (Å²) < 4.78 is 0. The molecule has 1 aromatic carbocycles. The molecule has 5 nitrogen and oxygen atoms in total. The van der Waals surface area contributed by atoms with Gasteiger partial charge < -0.3 is 15.3 Å². The molecule has 2 atom stereocenters. The molecule has 2 rings (SSSR count). The molecule has 1 amide bonds. The average Bonchev–Trinajstić information content (AvgIpc) is 2.85. The lowest BCUT2D eigenvalue weighted by molar-refractivity contribution is -0.141. The van der Waals surface area contributed by atoms with E-state index in [1.165, 1.54) is 6.92 Å². The molecule has 1 aliphatic rings. The van der Waals surface area contributed by atoms with Gasteiger partial charge in [0.2, 0.25) is 5.91 Å². The Labute approximate surface area is 118 Å². The molecule has 1 aromatic rings. The van der Waals surface area contributed by atoms with Crippen molar-refractivity contribution in [3.63, 3.8) is 0 Å². The lowest BCUT2D eigenvalue weighted by atomic mass is 9.88. The summed E-state index contributed by atoms with van der Waals surface area (Å²) in [5.74, 6) is -1.54. The van der Waals surface area contributed by atoms with Crippen molar-refractivity contribution >= 4 is 11.9 Å². The van der Waals surface area contributed by atoms with E-state index in [0.717, 1.165) is 17.7 Å². The van der Waals surface area contributed by atoms with Crippen LogP contribution in [-0.4, -0.2) is 42.0 Å². The highest BCUT2D eigenvalue weighted by Gasteiger charge is 2.39. The van der Waals surface area contributed by atoms with Crippen LogP contribution < -0.4 is 5.32 Å². The Morgan fingerprint density at radius 3 is 2.45 bits per heavy atom. The smallest absolute Gasteiger partial charge is 0.308 e. The van der Waals surface area contributed by atoms with Crippen LogP contribution in [0.15, 0.2) is 24.3 Å². The van der Waals surface area contributed by atoms with Crippen LogP contribution in [0, 0.1) is 5.92 Å². The molecule has 0 saturated carbocycles. The van der Waals surface area contributed by atoms with Gasteiger partial charge in [0.05, 0.1) is 5.92 Å². The van der Waals surface area contributed by atoms with Crippen molar-refractivity contribution in [3.8, 4) is 0 Å². The second kappa shape index (κ2) is 6.05. The quantitative estimate of drug-likeness (QED) is 0.862. The van der Waals surface area contributed by atoms with Crippen LogP contribution in [0.3, 0.4) is 0 Å². The minimum atomic E-state index is -0.835. The summed E-state index contributed by atoms with van der Waals surface area (Å²) >= 11 is 0. The third-order valence-corrected chi connectivity index (χ3v) is 3.87. The normalized spacial score (nSPS) is 22.0. The number of rotatable bonds is 4. The first-order valence-corrected chi connectivity index (χ1v) is 6.74. The molecule has 0 bridgehead atoms. The second-order valence-corrected chi connectivity index (χ2v) is 5.25. The number of carbonyl (C=O) groups is 2. The molecule has 1 fully saturated rings. The maximum absolute atomic E-state index is 11.5. The number of amides is 1. The molecule has 1 aliphatic heterocycles. The van der Waals surface area contributed by atoms with Crippen molar-refractivity contribution in [2.45, 2.75) is 19.4 Å². The molecule has 1 saturated heterocycles. The first-order chi connectivity index (χ1) is 9.52. The number of carboxylic acid groups (broad SMARTS) is 1. The SMILES string of the molecule is CNCc1ccc([C@@H]2CN(C(C)=O)C[C@H]2C(=O)O)cc1. The van der Waals surface area contributed by atoms with Gasteiger partial charge in [-0.1, -0.05) is 24.3 Å². The van der Waals surface area contributed by atoms with Crippen LogP contribution in [0.1, 0.15) is 24.0 Å². The number of aliphatic carboxylic acids is 1. The molecule has 20 heavy (non-hydrogen) atoms. The highest BCUT2D eigenvalue weighted by molar-refractivity contribution is 5.78. The zero-order chi connectivity index (χ0) is 14.7. The number of benzene rings is 1. The number of hydrogen-bond donors (Lipinski definition) is 2. The summed E-state index contributed by atoms with van der Waals surface area (Å²) in [6, 6.07) is 7.94. The van der Waals surface area contributed by atoms with Gasteiger partial charge in [-0.2, -0.15) is 0 Å². The summed E-state index contributed by atoms with van der Waals surface area (Å²) in [6.07, 6.45) is 0. The average molecular weight is 276 g/mol. The van der Waals surface area contributed by atoms with Gasteiger partial charge in [0.25, 0.3) is 0 Å². The molecule has 1 heterocycles. The Morgan fingerprint density at radius 1 is 1.30 bits per heavy atom. The van der Waals surface area contributed by atoms with Crippen molar-refractivity contribution in [2.24, 2.45) is 5.92 Å². The van der Waals surface area contributed by atoms with Crippen molar-refractivity contribution < 1.29 is 14.7 Å². The van der Waals surface area contributed by atoms with Gasteiger partial charge in [0.1, 0.15) is 0 Å². The van der Waals surface area contributed by atoms with E-state index >= 15 is 0 Å². The minimum Gasteiger partial charge on any atom is -0.481 e. The summed E-state index contributed by atoms with van der Waals surface area (Å²) in [5, 5.41) is 12.4. The van der Waals surface area contributed by atoms with E-state index in [1.807, 2.05) is 31.3 Å². The Balaban J connectivity index is 2.20. The van der Waals surface area contributed by atoms with Crippen LogP contribution in [0.2, 0.25) is 0 Å². The number of carboxylic acids is 1. The van der Waals surface area contributed by atoms with Crippen LogP contribution >= 0.6 is 0 Å². The maximum Gasteiger partial charge on any atom is 0.308 e. The first kappa shape index (κ1) is 14.5. The Hall–Kier alpha value is -1.88. The Bertz CT molecular complexity index is 498. The lowest BCUT2D eigenvalue weighted by Gasteiger charge is -2.15. The Morgan fingerprint density at radius 2 is 1.95 bits per heavy atom. The van der Waals surface area contributed by atoms with Crippen molar-refractivity contribution in [1.29, 1.82) is 0 Å². The topological polar surface area (TPSA) is 69.6 Å². The van der Waals surface area contributed by atoms with Gasteiger partial charge in [0.15, 0.2) is 0 Å². The van der Waals surface area contributed by atoms with Gasteiger partial charge in [-0.15, -0.1) is 0 Å². The number of likely N-dealkylation sites (tertiary alicyclic amines) is 1. The van der Waals surface area contributed by atoms with Crippen molar-refractivity contribution in [2.75, 3.05) is 20.1 Å². The maximum atomic E-state index is 11.5. The van der Waals surface area contributed by atoms with Gasteiger partial charge >= 0.3 is 5.97 Å². The number of hydrogen-bond acceptors (Lipinski definition) is 3. The van der Waals surface area contributed by atoms with E-state index in [9.17, 15) is 14.7 Å². The fraction of sp³-hybridized carbons (Fsp3) is 0.467. The summed E-state index contributed by atoms with van der Waals surface area (Å²) in [7, 11) is 1.88. The lowest BCUT2D eigenvalue weighted by Crippen LogP contribution is -2.27. The van der Waals surface area contributed by atoms with Gasteiger partial charge in [-0.05, 0) is 18.2 Å². The van der Waals surface area contributed by atoms with Gasteiger partial charge in [0, 0.05) is 32.5 Å². The molecular weight excluding hydrogens is 256 g/mol. The minimum absolute atomic E-state index is 0.0643.